The Morgan fingerprint density at radius 2 is 2.32 bits per heavy atom. The topological polar surface area (TPSA) is 102 Å². The van der Waals surface area contributed by atoms with Crippen molar-refractivity contribution < 1.29 is 14.6 Å². The number of nitrogens with two attached hydrogens (primary N) is 1. The van der Waals surface area contributed by atoms with E-state index in [4.69, 9.17) is 10.5 Å². The molecular formula is C12H20N4O3. The van der Waals surface area contributed by atoms with Crippen LogP contribution in [0.15, 0.2) is 6.20 Å². The molecule has 0 spiro atoms. The van der Waals surface area contributed by atoms with E-state index in [0.717, 1.165) is 12.8 Å². The zero-order chi connectivity index (χ0) is 13.9. The van der Waals surface area contributed by atoms with Gasteiger partial charge in [0.15, 0.2) is 0 Å². The van der Waals surface area contributed by atoms with Gasteiger partial charge in [-0.15, -0.1) is 0 Å². The highest BCUT2D eigenvalue weighted by molar-refractivity contribution is 5.98. The number of aliphatic hydroxyl groups is 1. The van der Waals surface area contributed by atoms with Gasteiger partial charge in [0, 0.05) is 32.2 Å². The van der Waals surface area contributed by atoms with Gasteiger partial charge in [-0.25, -0.2) is 0 Å². The fraction of sp³-hybridized carbons (Fsp3) is 0.667. The van der Waals surface area contributed by atoms with Crippen molar-refractivity contribution in [2.75, 3.05) is 32.1 Å². The van der Waals surface area contributed by atoms with E-state index in [0.29, 0.717) is 31.1 Å². The number of aryl methyl sites for hydroxylation is 1. The molecule has 1 saturated heterocycles. The maximum Gasteiger partial charge on any atom is 0.256 e. The summed E-state index contributed by atoms with van der Waals surface area (Å²) in [6.45, 7) is 1.69. The van der Waals surface area contributed by atoms with E-state index >= 15 is 0 Å². The molecule has 19 heavy (non-hydrogen) atoms. The third kappa shape index (κ3) is 2.87. The van der Waals surface area contributed by atoms with Gasteiger partial charge in [-0.05, 0) is 12.8 Å². The number of ether oxygens (including phenoxy) is 1. The Morgan fingerprint density at radius 3 is 2.84 bits per heavy atom. The van der Waals surface area contributed by atoms with Gasteiger partial charge in [0.2, 0.25) is 0 Å². The van der Waals surface area contributed by atoms with Crippen LogP contribution in [0.1, 0.15) is 23.2 Å². The van der Waals surface area contributed by atoms with Crippen molar-refractivity contribution in [2.24, 2.45) is 12.5 Å². The van der Waals surface area contributed by atoms with E-state index < -0.39 is 0 Å². The largest absolute Gasteiger partial charge is 0.396 e. The van der Waals surface area contributed by atoms with Crippen LogP contribution in [0, 0.1) is 5.41 Å². The first-order valence-electron chi connectivity index (χ1n) is 6.32. The second-order valence-electron chi connectivity index (χ2n) is 5.02. The van der Waals surface area contributed by atoms with Crippen LogP contribution in [-0.2, 0) is 11.8 Å². The van der Waals surface area contributed by atoms with Gasteiger partial charge in [-0.2, -0.15) is 5.10 Å². The Hall–Kier alpha value is -1.60. The molecule has 4 N–H and O–H groups in total. The summed E-state index contributed by atoms with van der Waals surface area (Å²) >= 11 is 0. The van der Waals surface area contributed by atoms with Crippen LogP contribution < -0.4 is 11.1 Å². The lowest BCUT2D eigenvalue weighted by molar-refractivity contribution is -0.0146. The van der Waals surface area contributed by atoms with Crippen LogP contribution in [0.4, 0.5) is 5.82 Å². The summed E-state index contributed by atoms with van der Waals surface area (Å²) in [6.07, 6.45) is 2.93. The maximum absolute atomic E-state index is 12.0. The summed E-state index contributed by atoms with van der Waals surface area (Å²) in [5.41, 5.74) is 5.82. The molecule has 0 saturated carbocycles. The summed E-state index contributed by atoms with van der Waals surface area (Å²) in [6, 6.07) is 0. The number of nitrogens with zero attached hydrogens (tertiary/aromatic N) is 2. The van der Waals surface area contributed by atoms with E-state index in [-0.39, 0.29) is 17.9 Å². The molecule has 0 aliphatic carbocycles. The third-order valence-corrected chi connectivity index (χ3v) is 3.74. The zero-order valence-electron chi connectivity index (χ0n) is 11.1. The Labute approximate surface area is 111 Å². The van der Waals surface area contributed by atoms with Crippen molar-refractivity contribution in [1.29, 1.82) is 0 Å². The molecular weight excluding hydrogens is 248 g/mol. The van der Waals surface area contributed by atoms with Crippen LogP contribution in [0.2, 0.25) is 0 Å². The molecule has 2 rings (SSSR count). The zero-order valence-corrected chi connectivity index (χ0v) is 11.1. The summed E-state index contributed by atoms with van der Waals surface area (Å²) < 4.78 is 6.73. The lowest BCUT2D eigenvalue weighted by atomic mass is 9.81. The fourth-order valence-electron chi connectivity index (χ4n) is 2.18. The van der Waals surface area contributed by atoms with Gasteiger partial charge in [-0.3, -0.25) is 9.48 Å². The normalized spacial score (nSPS) is 18.2. The minimum Gasteiger partial charge on any atom is -0.396 e. The number of aliphatic hydroxyl groups excluding tert-OH is 1. The van der Waals surface area contributed by atoms with Gasteiger partial charge < -0.3 is 20.9 Å². The summed E-state index contributed by atoms with van der Waals surface area (Å²) in [7, 11) is 1.68. The van der Waals surface area contributed by atoms with E-state index in [2.05, 4.69) is 10.4 Å². The average molecular weight is 268 g/mol. The molecule has 1 aliphatic heterocycles. The SMILES string of the molecule is Cn1ncc(C(=O)NCC2(CO)CCOCC2)c1N. The molecule has 0 radical (unpaired) electrons. The molecule has 7 nitrogen and oxygen atoms in total. The molecule has 7 heteroatoms. The van der Waals surface area contributed by atoms with Gasteiger partial charge in [0.25, 0.3) is 5.91 Å². The van der Waals surface area contributed by atoms with Gasteiger partial charge >= 0.3 is 0 Å². The highest BCUT2D eigenvalue weighted by Crippen LogP contribution is 2.29. The summed E-state index contributed by atoms with van der Waals surface area (Å²) in [5, 5.41) is 16.3. The molecule has 1 aromatic rings. The number of hydrogen-bond acceptors (Lipinski definition) is 5. The quantitative estimate of drug-likeness (QED) is 0.684. The number of amides is 1. The number of hydrogen-bond donors (Lipinski definition) is 3. The number of anilines is 1. The van der Waals surface area contributed by atoms with Crippen LogP contribution in [0.3, 0.4) is 0 Å². The number of carbonyl (C=O) groups is 1. The first-order valence-corrected chi connectivity index (χ1v) is 6.32. The molecule has 0 atom stereocenters. The molecule has 1 fully saturated rings. The number of nitrogens with one attached hydrogen (secondary N) is 1. The average Bonchev–Trinajstić information content (AvgIpc) is 2.77. The van der Waals surface area contributed by atoms with Crippen LogP contribution in [-0.4, -0.2) is 47.2 Å². The van der Waals surface area contributed by atoms with Crippen LogP contribution in [0.5, 0.6) is 0 Å². The standard InChI is InChI=1S/C12H20N4O3/c1-16-10(13)9(6-15-16)11(18)14-7-12(8-17)2-4-19-5-3-12/h6,17H,2-5,7-8,13H2,1H3,(H,14,18). The summed E-state index contributed by atoms with van der Waals surface area (Å²) in [5.74, 6) is 0.0763. The van der Waals surface area contributed by atoms with Crippen molar-refractivity contribution in [1.82, 2.24) is 15.1 Å². The van der Waals surface area contributed by atoms with Gasteiger partial charge in [-0.1, -0.05) is 0 Å². The van der Waals surface area contributed by atoms with E-state index in [1.54, 1.807) is 7.05 Å². The van der Waals surface area contributed by atoms with Crippen molar-refractivity contribution >= 4 is 11.7 Å². The highest BCUT2D eigenvalue weighted by Gasteiger charge is 2.32. The molecule has 1 aromatic heterocycles. The third-order valence-electron chi connectivity index (χ3n) is 3.74. The Balaban J connectivity index is 1.97. The molecule has 1 amide bonds. The van der Waals surface area contributed by atoms with E-state index in [1.807, 2.05) is 0 Å². The summed E-state index contributed by atoms with van der Waals surface area (Å²) in [4.78, 5) is 12.0. The monoisotopic (exact) mass is 268 g/mol. The number of carbonyl (C=O) groups excluding carboxylic acids is 1. The lowest BCUT2D eigenvalue weighted by Crippen LogP contribution is -2.43. The Kier molecular flexibility index (Phi) is 4.06. The van der Waals surface area contributed by atoms with Crippen molar-refractivity contribution in [3.63, 3.8) is 0 Å². The van der Waals surface area contributed by atoms with Gasteiger partial charge in [0.1, 0.15) is 11.4 Å². The molecule has 0 aromatic carbocycles. The predicted octanol–water partition coefficient (Wildman–Crippen LogP) is -0.479. The smallest absolute Gasteiger partial charge is 0.256 e. The second kappa shape index (κ2) is 5.58. The second-order valence-corrected chi connectivity index (χ2v) is 5.02. The van der Waals surface area contributed by atoms with Crippen molar-refractivity contribution in [3.05, 3.63) is 11.8 Å². The number of rotatable bonds is 4. The molecule has 1 aliphatic rings. The maximum atomic E-state index is 12.0. The molecule has 0 unspecified atom stereocenters. The first kappa shape index (κ1) is 13.8. The highest BCUT2D eigenvalue weighted by atomic mass is 16.5. The van der Waals surface area contributed by atoms with Crippen molar-refractivity contribution in [2.45, 2.75) is 12.8 Å². The minimum absolute atomic E-state index is 0.0408. The Bertz CT molecular complexity index is 452. The fourth-order valence-corrected chi connectivity index (χ4v) is 2.18. The molecule has 106 valence electrons. The molecule has 0 bridgehead atoms. The van der Waals surface area contributed by atoms with Crippen molar-refractivity contribution in [3.8, 4) is 0 Å². The van der Waals surface area contributed by atoms with Crippen LogP contribution in [0.25, 0.3) is 0 Å². The van der Waals surface area contributed by atoms with E-state index in [1.165, 1.54) is 10.9 Å². The number of nitrogen functional groups attached to an aromatic ring is 1. The Morgan fingerprint density at radius 1 is 1.63 bits per heavy atom. The van der Waals surface area contributed by atoms with E-state index in [9.17, 15) is 9.90 Å². The van der Waals surface area contributed by atoms with Gasteiger partial charge in [0.05, 0.1) is 12.8 Å². The lowest BCUT2D eigenvalue weighted by Gasteiger charge is -2.35. The number of aromatic nitrogens is 2. The minimum atomic E-state index is -0.287. The predicted molar refractivity (Wildman–Crippen MR) is 69.5 cm³/mol. The first-order chi connectivity index (χ1) is 9.08. The molecule has 2 heterocycles. The van der Waals surface area contributed by atoms with Crippen LogP contribution >= 0.6 is 0 Å².